The summed E-state index contributed by atoms with van der Waals surface area (Å²) in [5.41, 5.74) is 8.42. The molecule has 0 saturated carbocycles. The number of likely N-dealkylation sites (N-methyl/N-ethyl adjacent to an activating group) is 1. The molecule has 6 heteroatoms. The van der Waals surface area contributed by atoms with Crippen LogP contribution in [0.1, 0.15) is 97.9 Å². The lowest BCUT2D eigenvalue weighted by atomic mass is 9.99. The van der Waals surface area contributed by atoms with E-state index in [0.29, 0.717) is 6.54 Å². The van der Waals surface area contributed by atoms with Crippen LogP contribution in [0, 0.1) is 0 Å². The standard InChI is InChI=1S/C24H33N5.C6H12.C3H7N.2C2H6/c1-16(2)19-7-9-21-20(15-19)8-10-22(21)28-17(3)23-24(29(6)14-13-25-5)18(4)26-11-12-27-23;1-4-6(3)5-2;1-3-4-2;2*1-2/h7,9,11,13-15,18,22,24-25,28H,1,3,8,10,12H2,2,4-6H3;4H,5H2,1-3H3;3-4H,1H2,2H3;2*1-2H3/b14-13+;6-4+;;;/t18?,22-,24?;;;;/m0..../s1. The van der Waals surface area contributed by atoms with Crippen LogP contribution in [0.4, 0.5) is 0 Å². The minimum absolute atomic E-state index is 0.0324. The van der Waals surface area contributed by atoms with Crippen LogP contribution in [-0.4, -0.2) is 56.6 Å². The average molecular weight is 593 g/mol. The largest absolute Gasteiger partial charge is 0.394 e. The predicted octanol–water partition coefficient (Wildman–Crippen LogP) is 8.48. The highest BCUT2D eigenvalue weighted by Crippen LogP contribution is 2.34. The fraction of sp³-hybridized carbons (Fsp3) is 0.514. The molecule has 43 heavy (non-hydrogen) atoms. The van der Waals surface area contributed by atoms with E-state index in [1.54, 1.807) is 6.20 Å². The first-order valence-corrected chi connectivity index (χ1v) is 15.9. The highest BCUT2D eigenvalue weighted by Gasteiger charge is 2.30. The molecule has 1 heterocycles. The number of nitrogens with zero attached hydrogens (tertiary/aromatic N) is 3. The van der Waals surface area contributed by atoms with E-state index in [2.05, 4.69) is 112 Å². The molecule has 1 aromatic rings. The summed E-state index contributed by atoms with van der Waals surface area (Å²) in [5, 5.41) is 9.42. The summed E-state index contributed by atoms with van der Waals surface area (Å²) < 4.78 is 0. The number of rotatable bonds is 9. The van der Waals surface area contributed by atoms with Gasteiger partial charge in [-0.3, -0.25) is 9.98 Å². The summed E-state index contributed by atoms with van der Waals surface area (Å²) in [6.45, 7) is 30.9. The van der Waals surface area contributed by atoms with Gasteiger partial charge in [-0.1, -0.05) is 89.8 Å². The van der Waals surface area contributed by atoms with Crippen LogP contribution >= 0.6 is 0 Å². The Kier molecular flexibility index (Phi) is 24.2. The smallest absolute Gasteiger partial charge is 0.0941 e. The van der Waals surface area contributed by atoms with Crippen molar-refractivity contribution in [2.75, 3.05) is 27.7 Å². The molecule has 0 fully saturated rings. The molecule has 242 valence electrons. The van der Waals surface area contributed by atoms with Crippen molar-refractivity contribution >= 4 is 17.5 Å². The minimum atomic E-state index is 0.0324. The average Bonchev–Trinajstić information content (AvgIpc) is 3.33. The van der Waals surface area contributed by atoms with Gasteiger partial charge in [0.15, 0.2) is 0 Å². The van der Waals surface area contributed by atoms with Crippen LogP contribution in [0.25, 0.3) is 5.57 Å². The molecule has 0 amide bonds. The van der Waals surface area contributed by atoms with E-state index in [9.17, 15) is 0 Å². The van der Waals surface area contributed by atoms with E-state index < -0.39 is 0 Å². The number of hydrogen-bond donors (Lipinski definition) is 3. The van der Waals surface area contributed by atoms with Gasteiger partial charge in [0.1, 0.15) is 0 Å². The first-order chi connectivity index (χ1) is 20.6. The summed E-state index contributed by atoms with van der Waals surface area (Å²) >= 11 is 0. The molecule has 1 aromatic carbocycles. The second-order valence-corrected chi connectivity index (χ2v) is 9.90. The Morgan fingerprint density at radius 3 is 2.21 bits per heavy atom. The van der Waals surface area contributed by atoms with Gasteiger partial charge < -0.3 is 20.9 Å². The number of aliphatic imine (C=N–C) groups is 2. The lowest BCUT2D eigenvalue weighted by Gasteiger charge is -2.32. The quantitative estimate of drug-likeness (QED) is 0.252. The van der Waals surface area contributed by atoms with Gasteiger partial charge in [0, 0.05) is 39.8 Å². The fourth-order valence-electron chi connectivity index (χ4n) is 4.37. The van der Waals surface area contributed by atoms with Crippen molar-refractivity contribution in [3.05, 3.63) is 90.6 Å². The Bertz CT molecular complexity index is 1060. The molecule has 0 bridgehead atoms. The van der Waals surface area contributed by atoms with Crippen LogP contribution in [0.3, 0.4) is 0 Å². The second-order valence-electron chi connectivity index (χ2n) is 9.90. The second kappa shape index (κ2) is 25.0. The van der Waals surface area contributed by atoms with Gasteiger partial charge in [-0.05, 0) is 69.8 Å². The predicted molar refractivity (Wildman–Crippen MR) is 196 cm³/mol. The number of benzene rings is 1. The zero-order chi connectivity index (χ0) is 33.4. The van der Waals surface area contributed by atoms with Crippen molar-refractivity contribution in [1.29, 1.82) is 0 Å². The SMILES string of the molecule is C/C=C(\C)CC.C=C(N[C@H]1CCc2cc(C(=C)C)ccc21)C1=NCC=NC(C)C1N(C)/C=C/NC.C=CNC.CC.CC. The van der Waals surface area contributed by atoms with Gasteiger partial charge in [0.25, 0.3) is 0 Å². The molecule has 3 N–H and O–H groups in total. The van der Waals surface area contributed by atoms with Gasteiger partial charge in [-0.25, -0.2) is 0 Å². The molecule has 0 spiro atoms. The molecule has 1 aliphatic carbocycles. The Morgan fingerprint density at radius 2 is 1.72 bits per heavy atom. The molecule has 2 unspecified atom stereocenters. The van der Waals surface area contributed by atoms with Crippen molar-refractivity contribution in [2.24, 2.45) is 9.98 Å². The lowest BCUT2D eigenvalue weighted by Crippen LogP contribution is -2.45. The Labute approximate surface area is 266 Å². The third-order valence-corrected chi connectivity index (χ3v) is 6.96. The van der Waals surface area contributed by atoms with Gasteiger partial charge in [0.05, 0.1) is 36.1 Å². The van der Waals surface area contributed by atoms with Gasteiger partial charge in [-0.15, -0.1) is 0 Å². The van der Waals surface area contributed by atoms with Crippen LogP contribution in [0.2, 0.25) is 0 Å². The summed E-state index contributed by atoms with van der Waals surface area (Å²) in [7, 11) is 5.76. The van der Waals surface area contributed by atoms with Crippen molar-refractivity contribution in [3.8, 4) is 0 Å². The Hall–Kier alpha value is -3.54. The van der Waals surface area contributed by atoms with Gasteiger partial charge in [0.2, 0.25) is 0 Å². The molecule has 3 rings (SSSR count). The summed E-state index contributed by atoms with van der Waals surface area (Å²) in [6.07, 6.45) is 12.9. The van der Waals surface area contributed by atoms with Crippen LogP contribution in [-0.2, 0) is 6.42 Å². The third-order valence-electron chi connectivity index (χ3n) is 6.96. The van der Waals surface area contributed by atoms with Crippen molar-refractivity contribution in [3.63, 3.8) is 0 Å². The first-order valence-electron chi connectivity index (χ1n) is 15.9. The highest BCUT2D eigenvalue weighted by molar-refractivity contribution is 6.04. The van der Waals surface area contributed by atoms with E-state index in [4.69, 9.17) is 4.99 Å². The first kappa shape index (κ1) is 41.6. The lowest BCUT2D eigenvalue weighted by molar-refractivity contribution is 0.364. The topological polar surface area (TPSA) is 64.0 Å². The minimum Gasteiger partial charge on any atom is -0.394 e. The Morgan fingerprint density at radius 1 is 1.09 bits per heavy atom. The molecule has 3 atom stereocenters. The summed E-state index contributed by atoms with van der Waals surface area (Å²) in [6, 6.07) is 7.07. The van der Waals surface area contributed by atoms with E-state index >= 15 is 0 Å². The van der Waals surface area contributed by atoms with Gasteiger partial charge in [-0.2, -0.15) is 0 Å². The van der Waals surface area contributed by atoms with Crippen molar-refractivity contribution in [2.45, 2.75) is 99.7 Å². The maximum absolute atomic E-state index is 4.82. The van der Waals surface area contributed by atoms with Crippen LogP contribution in [0.5, 0.6) is 0 Å². The van der Waals surface area contributed by atoms with E-state index in [1.807, 2.05) is 60.4 Å². The summed E-state index contributed by atoms with van der Waals surface area (Å²) in [4.78, 5) is 11.6. The zero-order valence-electron chi connectivity index (χ0n) is 29.6. The Balaban J connectivity index is 0. The van der Waals surface area contributed by atoms with Crippen molar-refractivity contribution < 1.29 is 0 Å². The number of hydrogen-bond acceptors (Lipinski definition) is 6. The number of aryl methyl sites for hydroxylation is 1. The van der Waals surface area contributed by atoms with E-state index in [0.717, 1.165) is 29.8 Å². The zero-order valence-corrected chi connectivity index (χ0v) is 29.6. The molecule has 6 nitrogen and oxygen atoms in total. The van der Waals surface area contributed by atoms with Gasteiger partial charge >= 0.3 is 0 Å². The molecule has 0 radical (unpaired) electrons. The maximum Gasteiger partial charge on any atom is 0.0941 e. The highest BCUT2D eigenvalue weighted by atomic mass is 15.2. The maximum atomic E-state index is 4.82. The molecule has 0 aromatic heterocycles. The summed E-state index contributed by atoms with van der Waals surface area (Å²) in [5.74, 6) is 0. The number of allylic oxidation sites excluding steroid dienone is 3. The third kappa shape index (κ3) is 15.0. The van der Waals surface area contributed by atoms with Crippen LogP contribution < -0.4 is 16.0 Å². The molecule has 0 saturated heterocycles. The molecule has 1 aliphatic heterocycles. The normalized spacial score (nSPS) is 18.2. The monoisotopic (exact) mass is 593 g/mol. The molecular weight excluding hydrogens is 528 g/mol. The molecule has 2 aliphatic rings. The molecular formula is C37H64N6. The van der Waals surface area contributed by atoms with E-state index in [1.165, 1.54) is 28.7 Å². The van der Waals surface area contributed by atoms with Crippen molar-refractivity contribution in [1.82, 2.24) is 20.9 Å². The fourth-order valence-corrected chi connectivity index (χ4v) is 4.37. The van der Waals surface area contributed by atoms with Crippen LogP contribution in [0.15, 0.2) is 83.9 Å². The number of nitrogens with one attached hydrogen (secondary N) is 3. The number of fused-ring (bicyclic) bond motifs is 1. The van der Waals surface area contributed by atoms with E-state index in [-0.39, 0.29) is 18.1 Å².